The molecule has 4 nitrogen and oxygen atoms in total. The summed E-state index contributed by atoms with van der Waals surface area (Å²) in [6.45, 7) is 2.86. The molecule has 0 fully saturated rings. The summed E-state index contributed by atoms with van der Waals surface area (Å²) in [5.74, 6) is -2.33. The molecule has 0 saturated carbocycles. The molecular formula is C8H9F3N2O2S. The van der Waals surface area contributed by atoms with Gasteiger partial charge in [-0.05, 0) is 13.8 Å². The highest BCUT2D eigenvalue weighted by Crippen LogP contribution is 2.27. The quantitative estimate of drug-likeness (QED) is 0.644. The zero-order chi connectivity index (χ0) is 12.6. The number of esters is 1. The maximum Gasteiger partial charge on any atom is 0.491 e. The number of carbonyl (C=O) groups is 1. The van der Waals surface area contributed by atoms with Crippen molar-refractivity contribution in [1.82, 2.24) is 4.98 Å². The summed E-state index contributed by atoms with van der Waals surface area (Å²) in [7, 11) is 0. The number of nitrogens with two attached hydrogens (primary N) is 1. The van der Waals surface area contributed by atoms with Crippen molar-refractivity contribution in [2.45, 2.75) is 25.7 Å². The first-order valence-electron chi connectivity index (χ1n) is 4.15. The van der Waals surface area contributed by atoms with Crippen LogP contribution in [-0.2, 0) is 15.3 Å². The number of hydrogen-bond donors (Lipinski definition) is 1. The number of alkyl halides is 3. The average Bonchev–Trinajstić information content (AvgIpc) is 2.49. The van der Waals surface area contributed by atoms with Gasteiger partial charge in [0.25, 0.3) is 0 Å². The molecule has 0 amide bonds. The molecule has 0 saturated heterocycles. The highest BCUT2D eigenvalue weighted by atomic mass is 32.1. The van der Waals surface area contributed by atoms with E-state index in [4.69, 9.17) is 5.73 Å². The fraction of sp³-hybridized carbons (Fsp3) is 0.500. The van der Waals surface area contributed by atoms with Crippen LogP contribution >= 0.6 is 11.3 Å². The van der Waals surface area contributed by atoms with Gasteiger partial charge in [-0.25, -0.2) is 9.78 Å². The normalized spacial score (nSPS) is 15.6. The summed E-state index contributed by atoms with van der Waals surface area (Å²) < 4.78 is 40.0. The molecule has 0 aliphatic carbocycles. The summed E-state index contributed by atoms with van der Waals surface area (Å²) in [5.41, 5.74) is 3.58. The van der Waals surface area contributed by atoms with Gasteiger partial charge in [0.15, 0.2) is 5.01 Å². The van der Waals surface area contributed by atoms with Crippen molar-refractivity contribution in [3.63, 3.8) is 0 Å². The van der Waals surface area contributed by atoms with E-state index in [0.29, 0.717) is 0 Å². The van der Waals surface area contributed by atoms with E-state index in [0.717, 1.165) is 23.1 Å². The molecule has 16 heavy (non-hydrogen) atoms. The Kier molecular flexibility index (Phi) is 3.25. The first kappa shape index (κ1) is 12.9. The van der Waals surface area contributed by atoms with Gasteiger partial charge < -0.3 is 4.74 Å². The van der Waals surface area contributed by atoms with Gasteiger partial charge in [0, 0.05) is 11.1 Å². The molecule has 0 spiro atoms. The van der Waals surface area contributed by atoms with Crippen LogP contribution in [0.25, 0.3) is 0 Å². The van der Waals surface area contributed by atoms with Crippen molar-refractivity contribution >= 4 is 17.3 Å². The monoisotopic (exact) mass is 254 g/mol. The molecule has 1 aromatic heterocycles. The van der Waals surface area contributed by atoms with E-state index in [9.17, 15) is 18.0 Å². The van der Waals surface area contributed by atoms with Crippen molar-refractivity contribution in [1.29, 1.82) is 0 Å². The van der Waals surface area contributed by atoms with Crippen LogP contribution in [0.4, 0.5) is 13.2 Å². The molecule has 1 heterocycles. The Balaban J connectivity index is 2.84. The lowest BCUT2D eigenvalue weighted by Gasteiger charge is -2.22. The number of thiazole rings is 1. The summed E-state index contributed by atoms with van der Waals surface area (Å²) in [6.07, 6.45) is -3.63. The fourth-order valence-electron chi connectivity index (χ4n) is 0.878. The van der Waals surface area contributed by atoms with E-state index in [-0.39, 0.29) is 5.01 Å². The number of halogens is 3. The van der Waals surface area contributed by atoms with Gasteiger partial charge in [-0.15, -0.1) is 11.3 Å². The summed E-state index contributed by atoms with van der Waals surface area (Å²) >= 11 is 1.07. The van der Waals surface area contributed by atoms with Gasteiger partial charge in [0.2, 0.25) is 5.72 Å². The summed E-state index contributed by atoms with van der Waals surface area (Å²) in [6, 6.07) is 0. The predicted octanol–water partition coefficient (Wildman–Crippen LogP) is 1.69. The van der Waals surface area contributed by atoms with E-state index >= 15 is 0 Å². The first-order valence-corrected chi connectivity index (χ1v) is 4.96. The number of aromatic nitrogens is 1. The molecule has 0 unspecified atom stereocenters. The van der Waals surface area contributed by atoms with Crippen molar-refractivity contribution in [3.05, 3.63) is 16.1 Å². The maximum absolute atomic E-state index is 12.0. The van der Waals surface area contributed by atoms with E-state index < -0.39 is 17.9 Å². The molecule has 0 bridgehead atoms. The zero-order valence-electron chi connectivity index (χ0n) is 8.46. The number of ether oxygens (including phenoxy) is 1. The van der Waals surface area contributed by atoms with Gasteiger partial charge >= 0.3 is 12.1 Å². The van der Waals surface area contributed by atoms with Crippen molar-refractivity contribution in [3.8, 4) is 0 Å². The lowest BCUT2D eigenvalue weighted by molar-refractivity contribution is -0.213. The SMILES string of the molecule is Cc1cnc([C@@](C)(N)OC(=O)C(F)(F)F)s1. The number of carbonyl (C=O) groups excluding carboxylic acids is 1. The smallest absolute Gasteiger partial charge is 0.431 e. The second-order valence-corrected chi connectivity index (χ2v) is 4.51. The van der Waals surface area contributed by atoms with Crippen LogP contribution in [0.15, 0.2) is 6.20 Å². The van der Waals surface area contributed by atoms with E-state index in [1.807, 2.05) is 0 Å². The van der Waals surface area contributed by atoms with Gasteiger partial charge in [-0.3, -0.25) is 5.73 Å². The number of hydrogen-bond acceptors (Lipinski definition) is 5. The third-order valence-electron chi connectivity index (χ3n) is 1.58. The van der Waals surface area contributed by atoms with Gasteiger partial charge in [-0.1, -0.05) is 0 Å². The van der Waals surface area contributed by atoms with Crippen LogP contribution in [0.1, 0.15) is 16.8 Å². The molecule has 1 aromatic rings. The van der Waals surface area contributed by atoms with Crippen LogP contribution in [0.3, 0.4) is 0 Å². The van der Waals surface area contributed by atoms with Crippen LogP contribution in [0, 0.1) is 6.92 Å². The topological polar surface area (TPSA) is 65.2 Å². The van der Waals surface area contributed by atoms with E-state index in [1.165, 1.54) is 6.20 Å². The second kappa shape index (κ2) is 4.02. The number of nitrogens with zero attached hydrogens (tertiary/aromatic N) is 1. The molecular weight excluding hydrogens is 245 g/mol. The Labute approximate surface area is 93.2 Å². The van der Waals surface area contributed by atoms with Crippen LogP contribution < -0.4 is 5.73 Å². The molecule has 1 atom stereocenters. The molecule has 0 radical (unpaired) electrons. The summed E-state index contributed by atoms with van der Waals surface area (Å²) in [4.78, 5) is 15.1. The van der Waals surface area contributed by atoms with Gasteiger partial charge in [0.1, 0.15) is 0 Å². The predicted molar refractivity (Wildman–Crippen MR) is 50.5 cm³/mol. The number of aryl methyl sites for hydroxylation is 1. The van der Waals surface area contributed by atoms with Crippen LogP contribution in [-0.4, -0.2) is 17.1 Å². The minimum Gasteiger partial charge on any atom is -0.431 e. The van der Waals surface area contributed by atoms with Crippen molar-refractivity contribution < 1.29 is 22.7 Å². The lowest BCUT2D eigenvalue weighted by atomic mass is 10.3. The maximum atomic E-state index is 12.0. The largest absolute Gasteiger partial charge is 0.491 e. The van der Waals surface area contributed by atoms with Gasteiger partial charge in [-0.2, -0.15) is 13.2 Å². The van der Waals surface area contributed by atoms with E-state index in [2.05, 4.69) is 9.72 Å². The Hall–Kier alpha value is -1.15. The van der Waals surface area contributed by atoms with Crippen molar-refractivity contribution in [2.24, 2.45) is 5.73 Å². The van der Waals surface area contributed by atoms with Gasteiger partial charge in [0.05, 0.1) is 0 Å². The molecule has 0 aliphatic rings. The first-order chi connectivity index (χ1) is 7.13. The highest BCUT2D eigenvalue weighted by molar-refractivity contribution is 7.11. The number of rotatable bonds is 2. The highest BCUT2D eigenvalue weighted by Gasteiger charge is 2.45. The molecule has 8 heteroatoms. The van der Waals surface area contributed by atoms with E-state index in [1.54, 1.807) is 6.92 Å². The Morgan fingerprint density at radius 1 is 1.56 bits per heavy atom. The third kappa shape index (κ3) is 2.92. The third-order valence-corrected chi connectivity index (χ3v) is 2.71. The second-order valence-electron chi connectivity index (χ2n) is 3.27. The molecule has 0 aliphatic heterocycles. The lowest BCUT2D eigenvalue weighted by Crippen LogP contribution is -2.42. The Morgan fingerprint density at radius 2 is 2.12 bits per heavy atom. The molecule has 1 rings (SSSR count). The minimum absolute atomic E-state index is 0.114. The molecule has 2 N–H and O–H groups in total. The van der Waals surface area contributed by atoms with Crippen LogP contribution in [0.2, 0.25) is 0 Å². The summed E-state index contributed by atoms with van der Waals surface area (Å²) in [5, 5.41) is 0.114. The standard InChI is InChI=1S/C8H9F3N2O2S/c1-4-3-13-5(16-4)7(2,12)15-6(14)8(9,10)11/h3H,12H2,1-2H3/t7-/m0/s1. The van der Waals surface area contributed by atoms with Crippen LogP contribution in [0.5, 0.6) is 0 Å². The Morgan fingerprint density at radius 3 is 2.50 bits per heavy atom. The fourth-order valence-corrected chi connectivity index (χ4v) is 1.64. The average molecular weight is 254 g/mol. The zero-order valence-corrected chi connectivity index (χ0v) is 9.28. The minimum atomic E-state index is -5.06. The Bertz CT molecular complexity index is 400. The molecule has 90 valence electrons. The van der Waals surface area contributed by atoms with Crippen molar-refractivity contribution in [2.75, 3.05) is 0 Å². The molecule has 0 aromatic carbocycles.